The van der Waals surface area contributed by atoms with E-state index in [-0.39, 0.29) is 0 Å². The average molecular weight is 256 g/mol. The summed E-state index contributed by atoms with van der Waals surface area (Å²) in [5.41, 5.74) is 9.06. The van der Waals surface area contributed by atoms with Crippen LogP contribution in [0.4, 0.5) is 5.82 Å². The molecular weight excluding hydrogens is 236 g/mol. The lowest BCUT2D eigenvalue weighted by molar-refractivity contribution is 0.940. The van der Waals surface area contributed by atoms with E-state index >= 15 is 0 Å². The third-order valence-electron chi connectivity index (χ3n) is 2.95. The molecular formula is C15H20N4. The van der Waals surface area contributed by atoms with Crippen molar-refractivity contribution in [3.05, 3.63) is 53.0 Å². The highest BCUT2D eigenvalue weighted by Crippen LogP contribution is 2.10. The molecule has 0 amide bonds. The zero-order valence-corrected chi connectivity index (χ0v) is 11.5. The Bertz CT molecular complexity index is 552. The molecule has 19 heavy (non-hydrogen) atoms. The molecule has 0 fully saturated rings. The Labute approximate surface area is 114 Å². The summed E-state index contributed by atoms with van der Waals surface area (Å²) in [6, 6.07) is 10.3. The van der Waals surface area contributed by atoms with Crippen LogP contribution in [0.15, 0.2) is 30.3 Å². The van der Waals surface area contributed by atoms with Gasteiger partial charge in [-0.15, -0.1) is 0 Å². The third-order valence-corrected chi connectivity index (χ3v) is 2.95. The minimum absolute atomic E-state index is 0.570. The van der Waals surface area contributed by atoms with Crippen molar-refractivity contribution in [3.8, 4) is 0 Å². The fourth-order valence-electron chi connectivity index (χ4n) is 1.96. The molecule has 0 atom stereocenters. The fourth-order valence-corrected chi connectivity index (χ4v) is 1.96. The second-order valence-corrected chi connectivity index (χ2v) is 4.52. The molecule has 0 aliphatic heterocycles. The van der Waals surface area contributed by atoms with Crippen molar-refractivity contribution in [1.82, 2.24) is 9.97 Å². The first kappa shape index (κ1) is 13.5. The maximum Gasteiger partial charge on any atom is 0.130 e. The van der Waals surface area contributed by atoms with Crippen molar-refractivity contribution >= 4 is 5.82 Å². The van der Waals surface area contributed by atoms with Gasteiger partial charge in [0.25, 0.3) is 0 Å². The Morgan fingerprint density at radius 3 is 2.68 bits per heavy atom. The van der Waals surface area contributed by atoms with E-state index in [1.165, 1.54) is 5.56 Å². The summed E-state index contributed by atoms with van der Waals surface area (Å²) in [7, 11) is 0. The van der Waals surface area contributed by atoms with E-state index in [0.29, 0.717) is 6.54 Å². The first-order valence-electron chi connectivity index (χ1n) is 6.57. The number of nitrogens with two attached hydrogens (primary N) is 1. The van der Waals surface area contributed by atoms with Gasteiger partial charge < -0.3 is 11.1 Å². The van der Waals surface area contributed by atoms with E-state index in [2.05, 4.69) is 34.3 Å². The van der Waals surface area contributed by atoms with Crippen molar-refractivity contribution < 1.29 is 0 Å². The summed E-state index contributed by atoms with van der Waals surface area (Å²) >= 11 is 0. The predicted octanol–water partition coefficient (Wildman–Crippen LogP) is 2.42. The zero-order valence-electron chi connectivity index (χ0n) is 11.5. The lowest BCUT2D eigenvalue weighted by Crippen LogP contribution is -2.05. The number of nitrogens with zero attached hydrogens (tertiary/aromatic N) is 2. The molecule has 0 unspecified atom stereocenters. The Morgan fingerprint density at radius 1 is 1.16 bits per heavy atom. The lowest BCUT2D eigenvalue weighted by atomic mass is 10.1. The molecule has 1 heterocycles. The van der Waals surface area contributed by atoms with E-state index in [0.717, 1.165) is 35.9 Å². The lowest BCUT2D eigenvalue weighted by Gasteiger charge is -2.09. The van der Waals surface area contributed by atoms with Gasteiger partial charge in [0.15, 0.2) is 0 Å². The van der Waals surface area contributed by atoms with Gasteiger partial charge in [0.1, 0.15) is 11.6 Å². The van der Waals surface area contributed by atoms with E-state index in [1.54, 1.807) is 0 Å². The quantitative estimate of drug-likeness (QED) is 0.862. The molecule has 0 bridgehead atoms. The standard InChI is InChI=1S/C15H20N4/c1-3-14-8-15(19-11(2)18-14)17-10-13-6-4-5-12(7-13)9-16/h4-8H,3,9-10,16H2,1-2H3,(H,17,18,19). The molecule has 1 aromatic heterocycles. The highest BCUT2D eigenvalue weighted by atomic mass is 15.0. The van der Waals surface area contributed by atoms with Gasteiger partial charge in [0.2, 0.25) is 0 Å². The van der Waals surface area contributed by atoms with Crippen LogP contribution in [-0.2, 0) is 19.5 Å². The Balaban J connectivity index is 2.07. The smallest absolute Gasteiger partial charge is 0.130 e. The number of nitrogens with one attached hydrogen (secondary N) is 1. The van der Waals surface area contributed by atoms with Crippen LogP contribution in [0.5, 0.6) is 0 Å². The minimum atomic E-state index is 0.570. The minimum Gasteiger partial charge on any atom is -0.366 e. The maximum absolute atomic E-state index is 5.64. The van der Waals surface area contributed by atoms with Crippen LogP contribution in [0.1, 0.15) is 29.6 Å². The van der Waals surface area contributed by atoms with Gasteiger partial charge >= 0.3 is 0 Å². The number of benzene rings is 1. The molecule has 100 valence electrons. The van der Waals surface area contributed by atoms with Crippen LogP contribution in [0.25, 0.3) is 0 Å². The molecule has 0 radical (unpaired) electrons. The van der Waals surface area contributed by atoms with Crippen LogP contribution < -0.4 is 11.1 Å². The number of anilines is 1. The van der Waals surface area contributed by atoms with Crippen LogP contribution in [-0.4, -0.2) is 9.97 Å². The highest BCUT2D eigenvalue weighted by molar-refractivity contribution is 5.37. The van der Waals surface area contributed by atoms with Gasteiger partial charge in [-0.3, -0.25) is 0 Å². The van der Waals surface area contributed by atoms with Crippen molar-refractivity contribution in [2.45, 2.75) is 33.4 Å². The summed E-state index contributed by atoms with van der Waals surface area (Å²) in [6.07, 6.45) is 0.917. The van der Waals surface area contributed by atoms with Crippen molar-refractivity contribution in [1.29, 1.82) is 0 Å². The van der Waals surface area contributed by atoms with Crippen LogP contribution in [0, 0.1) is 6.92 Å². The van der Waals surface area contributed by atoms with Crippen LogP contribution in [0.3, 0.4) is 0 Å². The normalized spacial score (nSPS) is 10.5. The van der Waals surface area contributed by atoms with Gasteiger partial charge in [-0.2, -0.15) is 0 Å². The topological polar surface area (TPSA) is 63.8 Å². The van der Waals surface area contributed by atoms with E-state index in [1.807, 2.05) is 25.1 Å². The molecule has 0 saturated carbocycles. The van der Waals surface area contributed by atoms with Gasteiger partial charge in [0.05, 0.1) is 0 Å². The Kier molecular flexibility index (Phi) is 4.47. The van der Waals surface area contributed by atoms with Crippen LogP contribution in [0.2, 0.25) is 0 Å². The number of hydrogen-bond donors (Lipinski definition) is 2. The molecule has 0 aliphatic rings. The molecule has 3 N–H and O–H groups in total. The van der Waals surface area contributed by atoms with Gasteiger partial charge in [-0.05, 0) is 24.5 Å². The first-order valence-corrected chi connectivity index (χ1v) is 6.57. The molecule has 2 rings (SSSR count). The average Bonchev–Trinajstić information content (AvgIpc) is 2.44. The van der Waals surface area contributed by atoms with Gasteiger partial charge in [-0.25, -0.2) is 9.97 Å². The number of aromatic nitrogens is 2. The SMILES string of the molecule is CCc1cc(NCc2cccc(CN)c2)nc(C)n1. The van der Waals surface area contributed by atoms with E-state index in [9.17, 15) is 0 Å². The van der Waals surface area contributed by atoms with Gasteiger partial charge in [0, 0.05) is 24.8 Å². The van der Waals surface area contributed by atoms with Crippen molar-refractivity contribution in [2.75, 3.05) is 5.32 Å². The molecule has 4 heteroatoms. The Morgan fingerprint density at radius 2 is 1.95 bits per heavy atom. The number of hydrogen-bond acceptors (Lipinski definition) is 4. The molecule has 1 aromatic carbocycles. The maximum atomic E-state index is 5.64. The largest absolute Gasteiger partial charge is 0.366 e. The molecule has 0 spiro atoms. The summed E-state index contributed by atoms with van der Waals surface area (Å²) < 4.78 is 0. The summed E-state index contributed by atoms with van der Waals surface area (Å²) in [6.45, 7) is 5.32. The number of rotatable bonds is 5. The second-order valence-electron chi connectivity index (χ2n) is 4.52. The highest BCUT2D eigenvalue weighted by Gasteiger charge is 2.01. The molecule has 2 aromatic rings. The summed E-state index contributed by atoms with van der Waals surface area (Å²) in [4.78, 5) is 8.76. The number of aryl methyl sites for hydroxylation is 2. The summed E-state index contributed by atoms with van der Waals surface area (Å²) in [5.74, 6) is 1.68. The van der Waals surface area contributed by atoms with Crippen LogP contribution >= 0.6 is 0 Å². The monoisotopic (exact) mass is 256 g/mol. The fraction of sp³-hybridized carbons (Fsp3) is 0.333. The van der Waals surface area contributed by atoms with E-state index in [4.69, 9.17) is 5.73 Å². The second kappa shape index (κ2) is 6.29. The third kappa shape index (κ3) is 3.76. The van der Waals surface area contributed by atoms with Gasteiger partial charge in [-0.1, -0.05) is 31.2 Å². The Hall–Kier alpha value is -1.94. The first-order chi connectivity index (χ1) is 9.21. The predicted molar refractivity (Wildman–Crippen MR) is 77.8 cm³/mol. The zero-order chi connectivity index (χ0) is 13.7. The molecule has 0 aliphatic carbocycles. The van der Waals surface area contributed by atoms with Crippen molar-refractivity contribution in [2.24, 2.45) is 5.73 Å². The summed E-state index contributed by atoms with van der Waals surface area (Å²) in [5, 5.41) is 3.34. The van der Waals surface area contributed by atoms with E-state index < -0.39 is 0 Å². The molecule has 0 saturated heterocycles. The van der Waals surface area contributed by atoms with Crippen molar-refractivity contribution in [3.63, 3.8) is 0 Å². The molecule has 4 nitrogen and oxygen atoms in total.